The van der Waals surface area contributed by atoms with E-state index in [-0.39, 0.29) is 0 Å². The molecule has 2 heteroatoms. The number of aromatic nitrogens is 1. The molecular formula is C18H22N2. The lowest BCUT2D eigenvalue weighted by Crippen LogP contribution is -2.11. The van der Waals surface area contributed by atoms with Gasteiger partial charge in [0.25, 0.3) is 0 Å². The fourth-order valence-electron chi connectivity index (χ4n) is 3.18. The fourth-order valence-corrected chi connectivity index (χ4v) is 3.18. The van der Waals surface area contributed by atoms with Gasteiger partial charge >= 0.3 is 0 Å². The van der Waals surface area contributed by atoms with Gasteiger partial charge in [-0.1, -0.05) is 30.4 Å². The van der Waals surface area contributed by atoms with Gasteiger partial charge in [0.15, 0.2) is 0 Å². The molecule has 104 valence electrons. The van der Waals surface area contributed by atoms with Gasteiger partial charge in [-0.2, -0.15) is 0 Å². The third-order valence-electron chi connectivity index (χ3n) is 4.15. The second-order valence-corrected chi connectivity index (χ2v) is 5.39. The van der Waals surface area contributed by atoms with Crippen LogP contribution in [-0.4, -0.2) is 18.2 Å². The lowest BCUT2D eigenvalue weighted by molar-refractivity contribution is 0.785. The lowest BCUT2D eigenvalue weighted by Gasteiger charge is -2.13. The van der Waals surface area contributed by atoms with Crippen LogP contribution in [0, 0.1) is 6.92 Å². The van der Waals surface area contributed by atoms with Crippen molar-refractivity contribution in [3.05, 3.63) is 58.9 Å². The first-order valence-corrected chi connectivity index (χ1v) is 7.42. The minimum atomic E-state index is 1.03. The van der Waals surface area contributed by atoms with Crippen LogP contribution in [0.3, 0.4) is 0 Å². The first-order valence-electron chi connectivity index (χ1n) is 7.42. The van der Waals surface area contributed by atoms with Gasteiger partial charge in [-0.25, -0.2) is 0 Å². The van der Waals surface area contributed by atoms with E-state index < -0.39 is 0 Å². The standard InChI is InChI=1S/C18H22N2/c1-14-16(12-13-19-2)17-10-6-7-11-18(17)20(14)15-8-4-3-5-9-15/h3-6,8-10,19H,7,11-13H2,1-2H3. The van der Waals surface area contributed by atoms with E-state index in [1.54, 1.807) is 0 Å². The first kappa shape index (κ1) is 13.2. The SMILES string of the molecule is CNCCc1c2c(n(-c3ccccc3)c1C)CCC=C2. The molecule has 1 aliphatic rings. The predicted octanol–water partition coefficient (Wildman–Crippen LogP) is 3.51. The molecule has 0 amide bonds. The molecule has 1 aliphatic carbocycles. The van der Waals surface area contributed by atoms with Crippen molar-refractivity contribution in [2.24, 2.45) is 0 Å². The molecule has 1 N–H and O–H groups in total. The predicted molar refractivity (Wildman–Crippen MR) is 85.5 cm³/mol. The molecule has 0 saturated heterocycles. The number of nitrogens with one attached hydrogen (secondary N) is 1. The normalized spacial score (nSPS) is 13.5. The Balaban J connectivity index is 2.15. The Labute approximate surface area is 121 Å². The zero-order valence-electron chi connectivity index (χ0n) is 12.3. The molecular weight excluding hydrogens is 244 g/mol. The summed E-state index contributed by atoms with van der Waals surface area (Å²) in [6, 6.07) is 10.7. The molecule has 0 aliphatic heterocycles. The maximum Gasteiger partial charge on any atom is 0.0455 e. The number of hydrogen-bond acceptors (Lipinski definition) is 1. The molecule has 0 unspecified atom stereocenters. The van der Waals surface area contributed by atoms with Crippen LogP contribution in [0.5, 0.6) is 0 Å². The van der Waals surface area contributed by atoms with E-state index in [9.17, 15) is 0 Å². The van der Waals surface area contributed by atoms with Gasteiger partial charge in [-0.15, -0.1) is 0 Å². The molecule has 0 bridgehead atoms. The number of hydrogen-bond donors (Lipinski definition) is 1. The number of benzene rings is 1. The number of nitrogens with zero attached hydrogens (tertiary/aromatic N) is 1. The summed E-state index contributed by atoms with van der Waals surface area (Å²) in [4.78, 5) is 0. The molecule has 0 spiro atoms. The Morgan fingerprint density at radius 2 is 2.00 bits per heavy atom. The number of para-hydroxylation sites is 1. The molecule has 1 aromatic heterocycles. The summed E-state index contributed by atoms with van der Waals surface area (Å²) >= 11 is 0. The second kappa shape index (κ2) is 5.68. The Kier molecular flexibility index (Phi) is 3.75. The van der Waals surface area contributed by atoms with Gasteiger partial charge in [0, 0.05) is 17.1 Å². The Morgan fingerprint density at radius 1 is 1.20 bits per heavy atom. The summed E-state index contributed by atoms with van der Waals surface area (Å²) in [7, 11) is 2.02. The van der Waals surface area contributed by atoms with Crippen LogP contribution in [0.15, 0.2) is 36.4 Å². The van der Waals surface area contributed by atoms with E-state index in [0.29, 0.717) is 0 Å². The van der Waals surface area contributed by atoms with Crippen molar-refractivity contribution < 1.29 is 0 Å². The molecule has 1 aromatic carbocycles. The number of likely N-dealkylation sites (N-methyl/N-ethyl adjacent to an activating group) is 1. The molecule has 0 radical (unpaired) electrons. The highest BCUT2D eigenvalue weighted by molar-refractivity contribution is 5.63. The molecule has 1 heterocycles. The highest BCUT2D eigenvalue weighted by Crippen LogP contribution is 2.31. The quantitative estimate of drug-likeness (QED) is 0.896. The summed E-state index contributed by atoms with van der Waals surface area (Å²) in [5.74, 6) is 0. The minimum absolute atomic E-state index is 1.03. The van der Waals surface area contributed by atoms with Crippen molar-refractivity contribution in [1.82, 2.24) is 9.88 Å². The number of allylic oxidation sites excluding steroid dienone is 1. The zero-order valence-corrected chi connectivity index (χ0v) is 12.3. The fraction of sp³-hybridized carbons (Fsp3) is 0.333. The van der Waals surface area contributed by atoms with E-state index in [4.69, 9.17) is 0 Å². The van der Waals surface area contributed by atoms with Crippen LogP contribution in [-0.2, 0) is 12.8 Å². The van der Waals surface area contributed by atoms with E-state index in [0.717, 1.165) is 25.8 Å². The minimum Gasteiger partial charge on any atom is -0.319 e. The molecule has 0 saturated carbocycles. The van der Waals surface area contributed by atoms with Crippen LogP contribution in [0.4, 0.5) is 0 Å². The maximum absolute atomic E-state index is 3.27. The third kappa shape index (κ3) is 2.20. The van der Waals surface area contributed by atoms with Crippen molar-refractivity contribution in [3.8, 4) is 5.69 Å². The van der Waals surface area contributed by atoms with Gasteiger partial charge < -0.3 is 9.88 Å². The number of rotatable bonds is 4. The van der Waals surface area contributed by atoms with Crippen molar-refractivity contribution in [1.29, 1.82) is 0 Å². The average molecular weight is 266 g/mol. The maximum atomic E-state index is 3.27. The van der Waals surface area contributed by atoms with Crippen LogP contribution in [0.2, 0.25) is 0 Å². The first-order chi connectivity index (χ1) is 9.83. The zero-order chi connectivity index (χ0) is 13.9. The van der Waals surface area contributed by atoms with Crippen LogP contribution >= 0.6 is 0 Å². The summed E-state index contributed by atoms with van der Waals surface area (Å²) in [5.41, 5.74) is 7.10. The van der Waals surface area contributed by atoms with E-state index in [1.165, 1.54) is 28.2 Å². The molecule has 0 fully saturated rings. The van der Waals surface area contributed by atoms with Crippen LogP contribution < -0.4 is 5.32 Å². The van der Waals surface area contributed by atoms with Crippen molar-refractivity contribution >= 4 is 6.08 Å². The Morgan fingerprint density at radius 3 is 2.75 bits per heavy atom. The van der Waals surface area contributed by atoms with Gasteiger partial charge in [0.2, 0.25) is 0 Å². The summed E-state index contributed by atoms with van der Waals surface area (Å²) in [5, 5.41) is 3.27. The topological polar surface area (TPSA) is 17.0 Å². The second-order valence-electron chi connectivity index (χ2n) is 5.39. The smallest absolute Gasteiger partial charge is 0.0455 e. The van der Waals surface area contributed by atoms with Gasteiger partial charge in [0.05, 0.1) is 0 Å². The summed E-state index contributed by atoms with van der Waals surface area (Å²) < 4.78 is 2.45. The Hall–Kier alpha value is -1.80. The number of fused-ring (bicyclic) bond motifs is 1. The largest absolute Gasteiger partial charge is 0.319 e. The van der Waals surface area contributed by atoms with Crippen LogP contribution in [0.1, 0.15) is 28.9 Å². The monoisotopic (exact) mass is 266 g/mol. The van der Waals surface area contributed by atoms with E-state index in [2.05, 4.69) is 59.3 Å². The van der Waals surface area contributed by atoms with Gasteiger partial charge in [-0.05, 0) is 63.0 Å². The van der Waals surface area contributed by atoms with Crippen molar-refractivity contribution in [3.63, 3.8) is 0 Å². The highest BCUT2D eigenvalue weighted by atomic mass is 15.0. The van der Waals surface area contributed by atoms with Crippen molar-refractivity contribution in [2.45, 2.75) is 26.2 Å². The summed E-state index contributed by atoms with van der Waals surface area (Å²) in [6.45, 7) is 3.28. The molecule has 3 rings (SSSR count). The molecule has 2 nitrogen and oxygen atoms in total. The molecule has 20 heavy (non-hydrogen) atoms. The van der Waals surface area contributed by atoms with E-state index in [1.807, 2.05) is 7.05 Å². The van der Waals surface area contributed by atoms with E-state index >= 15 is 0 Å². The lowest BCUT2D eigenvalue weighted by atomic mass is 9.99. The molecule has 2 aromatic rings. The van der Waals surface area contributed by atoms with Gasteiger partial charge in [-0.3, -0.25) is 0 Å². The van der Waals surface area contributed by atoms with Crippen LogP contribution in [0.25, 0.3) is 11.8 Å². The Bertz CT molecular complexity index is 621. The third-order valence-corrected chi connectivity index (χ3v) is 4.15. The summed E-state index contributed by atoms with van der Waals surface area (Å²) in [6.07, 6.45) is 8.00. The highest BCUT2D eigenvalue weighted by Gasteiger charge is 2.20. The van der Waals surface area contributed by atoms with Gasteiger partial charge in [0.1, 0.15) is 0 Å². The van der Waals surface area contributed by atoms with Crippen molar-refractivity contribution in [2.75, 3.05) is 13.6 Å². The molecule has 0 atom stereocenters. The average Bonchev–Trinajstić information content (AvgIpc) is 2.78.